The maximum atomic E-state index is 11.2. The number of aromatic nitrogens is 2. The normalized spacial score (nSPS) is 13.8. The fraction of sp³-hybridized carbons (Fsp3) is 0.222. The first kappa shape index (κ1) is 15.3. The number of rotatable bonds is 4. The lowest BCUT2D eigenvalue weighted by Gasteiger charge is -2.28. The number of hydrogen-bond donors (Lipinski definition) is 5. The van der Waals surface area contributed by atoms with Gasteiger partial charge >= 0.3 is 15.2 Å². The van der Waals surface area contributed by atoms with Gasteiger partial charge in [-0.1, -0.05) is 6.07 Å². The van der Waals surface area contributed by atoms with E-state index in [0.29, 0.717) is 5.65 Å². The monoisotopic (exact) mass is 322 g/mol. The Morgan fingerprint density at radius 1 is 1.15 bits per heavy atom. The van der Waals surface area contributed by atoms with Crippen LogP contribution < -0.4 is 0 Å². The molecule has 0 saturated heterocycles. The van der Waals surface area contributed by atoms with Crippen LogP contribution in [-0.4, -0.2) is 39.1 Å². The molecule has 0 saturated carbocycles. The lowest BCUT2D eigenvalue weighted by Crippen LogP contribution is -2.31. The molecule has 0 aliphatic rings. The molecule has 9 nitrogen and oxygen atoms in total. The average Bonchev–Trinajstić information content (AvgIpc) is 2.67. The van der Waals surface area contributed by atoms with E-state index >= 15 is 0 Å². The highest BCUT2D eigenvalue weighted by Crippen LogP contribution is 2.68. The molecule has 11 heteroatoms. The molecule has 0 amide bonds. The van der Waals surface area contributed by atoms with Crippen LogP contribution in [0.2, 0.25) is 0 Å². The molecular formula is C9H12N2O7P2. The molecule has 2 aromatic heterocycles. The first-order valence-corrected chi connectivity index (χ1v) is 8.53. The number of imidazole rings is 1. The summed E-state index contributed by atoms with van der Waals surface area (Å²) in [5, 5.41) is 6.30. The summed E-state index contributed by atoms with van der Waals surface area (Å²) >= 11 is 0. The molecule has 5 N–H and O–H groups in total. The number of fused-ring (bicyclic) bond motifs is 1. The molecule has 0 fully saturated rings. The molecule has 0 aromatic carbocycles. The van der Waals surface area contributed by atoms with Crippen LogP contribution in [0, 0.1) is 0 Å². The zero-order chi connectivity index (χ0) is 15.2. The van der Waals surface area contributed by atoms with Gasteiger partial charge in [-0.15, -0.1) is 0 Å². The van der Waals surface area contributed by atoms with Gasteiger partial charge in [-0.3, -0.25) is 9.13 Å². The minimum atomic E-state index is -5.47. The van der Waals surface area contributed by atoms with Crippen LogP contribution in [0.1, 0.15) is 5.69 Å². The fourth-order valence-corrected chi connectivity index (χ4v) is 3.78. The Morgan fingerprint density at radius 2 is 1.75 bits per heavy atom. The Morgan fingerprint density at radius 3 is 2.25 bits per heavy atom. The van der Waals surface area contributed by atoms with Gasteiger partial charge in [0, 0.05) is 18.8 Å². The highest BCUT2D eigenvalue weighted by molar-refractivity contribution is 7.72. The van der Waals surface area contributed by atoms with E-state index < -0.39 is 26.7 Å². The van der Waals surface area contributed by atoms with E-state index in [4.69, 9.17) is 19.6 Å². The van der Waals surface area contributed by atoms with Crippen molar-refractivity contribution in [3.05, 3.63) is 36.3 Å². The van der Waals surface area contributed by atoms with Crippen molar-refractivity contribution in [3.8, 4) is 0 Å². The highest BCUT2D eigenvalue weighted by Gasteiger charge is 2.59. The van der Waals surface area contributed by atoms with Crippen molar-refractivity contribution in [3.63, 3.8) is 0 Å². The van der Waals surface area contributed by atoms with Crippen LogP contribution in [-0.2, 0) is 15.6 Å². The summed E-state index contributed by atoms with van der Waals surface area (Å²) < 4.78 is 24.0. The second-order valence-corrected chi connectivity index (χ2v) is 8.25. The van der Waals surface area contributed by atoms with Gasteiger partial charge in [0.25, 0.3) is 5.08 Å². The van der Waals surface area contributed by atoms with Crippen molar-refractivity contribution in [2.45, 2.75) is 11.5 Å². The Balaban J connectivity index is 2.48. The number of pyridine rings is 1. The zero-order valence-electron chi connectivity index (χ0n) is 9.94. The number of hydrogen-bond acceptors (Lipinski definition) is 4. The Bertz CT molecular complexity index is 676. The molecule has 0 atom stereocenters. The van der Waals surface area contributed by atoms with Crippen molar-refractivity contribution in [1.29, 1.82) is 0 Å². The van der Waals surface area contributed by atoms with Crippen LogP contribution in [0.25, 0.3) is 5.65 Å². The smallest absolute Gasteiger partial charge is 0.367 e. The molecule has 0 aliphatic heterocycles. The summed E-state index contributed by atoms with van der Waals surface area (Å²) in [5.41, 5.74) is 0.367. The summed E-state index contributed by atoms with van der Waals surface area (Å²) in [6.07, 6.45) is 1.95. The van der Waals surface area contributed by atoms with E-state index in [-0.39, 0.29) is 5.69 Å². The zero-order valence-corrected chi connectivity index (χ0v) is 11.7. The SMILES string of the molecule is O=P(O)(O)C(O)(Cc1cn2ccccc2n1)P(=O)(O)O. The lowest BCUT2D eigenvalue weighted by molar-refractivity contribution is 0.130. The van der Waals surface area contributed by atoms with Crippen molar-refractivity contribution < 1.29 is 33.8 Å². The molecule has 0 aliphatic carbocycles. The van der Waals surface area contributed by atoms with Crippen molar-refractivity contribution in [1.82, 2.24) is 9.38 Å². The third-order valence-corrected chi connectivity index (χ3v) is 6.51. The Hall–Kier alpha value is -1.05. The fourth-order valence-electron chi connectivity index (χ4n) is 1.69. The van der Waals surface area contributed by atoms with E-state index in [0.717, 1.165) is 0 Å². The maximum Gasteiger partial charge on any atom is 0.369 e. The minimum absolute atomic E-state index is 0.0506. The second-order valence-electron chi connectivity index (χ2n) is 4.24. The van der Waals surface area contributed by atoms with Crippen LogP contribution in [0.15, 0.2) is 30.6 Å². The molecule has 0 spiro atoms. The second kappa shape index (κ2) is 4.75. The minimum Gasteiger partial charge on any atom is -0.367 e. The summed E-state index contributed by atoms with van der Waals surface area (Å²) in [4.78, 5) is 40.1. The first-order chi connectivity index (χ1) is 9.04. The molecule has 0 bridgehead atoms. The van der Waals surface area contributed by atoms with Crippen LogP contribution in [0.5, 0.6) is 0 Å². The highest BCUT2D eigenvalue weighted by atomic mass is 31.2. The predicted octanol–water partition coefficient (Wildman–Crippen LogP) is -0.122. The summed E-state index contributed by atoms with van der Waals surface area (Å²) in [5.74, 6) is 0. The number of aliphatic hydroxyl groups is 1. The largest absolute Gasteiger partial charge is 0.369 e. The maximum absolute atomic E-state index is 11.2. The van der Waals surface area contributed by atoms with Crippen LogP contribution in [0.4, 0.5) is 0 Å². The van der Waals surface area contributed by atoms with Crippen molar-refractivity contribution >= 4 is 20.8 Å². The molecule has 0 radical (unpaired) electrons. The molecule has 110 valence electrons. The van der Waals surface area contributed by atoms with E-state index in [1.165, 1.54) is 10.6 Å². The van der Waals surface area contributed by atoms with E-state index in [1.54, 1.807) is 24.4 Å². The van der Waals surface area contributed by atoms with Gasteiger partial charge in [0.1, 0.15) is 5.65 Å². The van der Waals surface area contributed by atoms with Gasteiger partial charge in [-0.25, -0.2) is 4.98 Å². The first-order valence-electron chi connectivity index (χ1n) is 5.31. The van der Waals surface area contributed by atoms with Gasteiger partial charge in [0.15, 0.2) is 0 Å². The Labute approximate surface area is 112 Å². The Kier molecular flexibility index (Phi) is 3.64. The standard InChI is InChI=1S/C9H12N2O7P2/c12-9(19(13,14)15,20(16,17)18)5-7-6-11-4-2-1-3-8(11)10-7/h1-4,6,12H,5H2,(H2,13,14,15)(H2,16,17,18). The predicted molar refractivity (Wildman–Crippen MR) is 67.9 cm³/mol. The van der Waals surface area contributed by atoms with Gasteiger partial charge in [0.05, 0.1) is 5.69 Å². The van der Waals surface area contributed by atoms with Crippen molar-refractivity contribution in [2.24, 2.45) is 0 Å². The molecule has 2 rings (SSSR count). The third-order valence-electron chi connectivity index (χ3n) is 2.77. The van der Waals surface area contributed by atoms with E-state index in [9.17, 15) is 14.2 Å². The molecule has 0 unspecified atom stereocenters. The third kappa shape index (κ3) is 2.57. The molecular weight excluding hydrogens is 310 g/mol. The van der Waals surface area contributed by atoms with Gasteiger partial charge in [0.2, 0.25) is 0 Å². The summed E-state index contributed by atoms with van der Waals surface area (Å²) in [6, 6.07) is 4.94. The summed E-state index contributed by atoms with van der Waals surface area (Å²) in [6.45, 7) is 0. The van der Waals surface area contributed by atoms with Gasteiger partial charge < -0.3 is 29.1 Å². The summed E-state index contributed by atoms with van der Waals surface area (Å²) in [7, 11) is -10.9. The van der Waals surface area contributed by atoms with Crippen LogP contribution >= 0.6 is 15.2 Å². The van der Waals surface area contributed by atoms with Crippen LogP contribution in [0.3, 0.4) is 0 Å². The topological polar surface area (TPSA) is 153 Å². The molecule has 2 heterocycles. The van der Waals surface area contributed by atoms with Crippen molar-refractivity contribution in [2.75, 3.05) is 0 Å². The lowest BCUT2D eigenvalue weighted by atomic mass is 10.3. The van der Waals surface area contributed by atoms with Gasteiger partial charge in [-0.2, -0.15) is 0 Å². The number of nitrogens with zero attached hydrogens (tertiary/aromatic N) is 2. The van der Waals surface area contributed by atoms with E-state index in [2.05, 4.69) is 4.98 Å². The average molecular weight is 322 g/mol. The van der Waals surface area contributed by atoms with E-state index in [1.807, 2.05) is 0 Å². The molecule has 20 heavy (non-hydrogen) atoms. The quantitative estimate of drug-likeness (QED) is 0.488. The van der Waals surface area contributed by atoms with Gasteiger partial charge in [-0.05, 0) is 12.1 Å². The molecule has 2 aromatic rings.